The number of hydrogen-bond donors (Lipinski definition) is 0. The largest absolute Gasteiger partial charge is 0.466 e. The van der Waals surface area contributed by atoms with Crippen LogP contribution in [-0.2, 0) is 19.1 Å². The lowest BCUT2D eigenvalue weighted by Gasteiger charge is -1.92. The van der Waals surface area contributed by atoms with Gasteiger partial charge in [0.1, 0.15) is 6.10 Å². The zero-order chi connectivity index (χ0) is 11.3. The highest BCUT2D eigenvalue weighted by Crippen LogP contribution is 2.27. The molecule has 0 bridgehead atoms. The number of carbonyl (C=O) groups excluding carboxylic acids is 2. The fourth-order valence-electron chi connectivity index (χ4n) is 1.40. The van der Waals surface area contributed by atoms with Crippen LogP contribution in [0.2, 0.25) is 0 Å². The highest BCUT2D eigenvalue weighted by Gasteiger charge is 2.41. The summed E-state index contributed by atoms with van der Waals surface area (Å²) >= 11 is 0. The van der Waals surface area contributed by atoms with E-state index in [0.29, 0.717) is 0 Å². The third-order valence-corrected chi connectivity index (χ3v) is 2.30. The topological polar surface area (TPSA) is 55.9 Å². The molecule has 0 N–H and O–H groups in total. The molecule has 4 heteroatoms. The molecule has 0 radical (unpaired) electrons. The summed E-state index contributed by atoms with van der Waals surface area (Å²) in [5.74, 6) is -0.232. The Morgan fingerprint density at radius 1 is 1.47 bits per heavy atom. The molecule has 0 spiro atoms. The van der Waals surface area contributed by atoms with Gasteiger partial charge in [0.15, 0.2) is 5.78 Å². The highest BCUT2D eigenvalue weighted by atomic mass is 16.6. The fourth-order valence-corrected chi connectivity index (χ4v) is 1.40. The second-order valence-electron chi connectivity index (χ2n) is 3.56. The van der Waals surface area contributed by atoms with E-state index in [1.54, 1.807) is 13.0 Å². The number of unbranched alkanes of at least 4 members (excludes halogenated alkanes) is 1. The molecule has 0 aromatic rings. The van der Waals surface area contributed by atoms with Gasteiger partial charge in [0.05, 0.1) is 13.2 Å². The molecule has 4 nitrogen and oxygen atoms in total. The van der Waals surface area contributed by atoms with E-state index < -0.39 is 0 Å². The smallest absolute Gasteiger partial charge is 0.330 e. The van der Waals surface area contributed by atoms with Crippen molar-refractivity contribution in [1.82, 2.24) is 0 Å². The van der Waals surface area contributed by atoms with Crippen molar-refractivity contribution < 1.29 is 19.1 Å². The summed E-state index contributed by atoms with van der Waals surface area (Å²) in [4.78, 5) is 21.5. The second kappa shape index (κ2) is 5.66. The molecule has 1 aliphatic heterocycles. The summed E-state index contributed by atoms with van der Waals surface area (Å²) in [5, 5.41) is 0. The van der Waals surface area contributed by atoms with E-state index in [1.165, 1.54) is 13.2 Å². The Morgan fingerprint density at radius 3 is 2.73 bits per heavy atom. The Morgan fingerprint density at radius 2 is 2.20 bits per heavy atom. The molecule has 1 rings (SSSR count). The van der Waals surface area contributed by atoms with Crippen LogP contribution in [-0.4, -0.2) is 31.1 Å². The minimum absolute atomic E-state index is 0.102. The summed E-state index contributed by atoms with van der Waals surface area (Å²) < 4.78 is 9.61. The van der Waals surface area contributed by atoms with E-state index in [4.69, 9.17) is 4.74 Å². The maximum Gasteiger partial charge on any atom is 0.330 e. The summed E-state index contributed by atoms with van der Waals surface area (Å²) in [5.41, 5.74) is 0. The van der Waals surface area contributed by atoms with Crippen molar-refractivity contribution in [2.45, 2.75) is 38.4 Å². The highest BCUT2D eigenvalue weighted by molar-refractivity contribution is 5.83. The first-order chi connectivity index (χ1) is 7.15. The first-order valence-electron chi connectivity index (χ1n) is 5.05. The van der Waals surface area contributed by atoms with Crippen LogP contribution in [0, 0.1) is 0 Å². The molecule has 1 heterocycles. The van der Waals surface area contributed by atoms with Gasteiger partial charge in [0.2, 0.25) is 0 Å². The molecule has 1 fully saturated rings. The van der Waals surface area contributed by atoms with Crippen molar-refractivity contribution in [2.24, 2.45) is 0 Å². The van der Waals surface area contributed by atoms with E-state index in [2.05, 4.69) is 4.74 Å². The number of hydrogen-bond acceptors (Lipinski definition) is 4. The number of carbonyl (C=O) groups is 2. The Labute approximate surface area is 89.2 Å². The van der Waals surface area contributed by atoms with Gasteiger partial charge in [-0.15, -0.1) is 0 Å². The quantitative estimate of drug-likeness (QED) is 0.288. The van der Waals surface area contributed by atoms with Crippen LogP contribution in [0.25, 0.3) is 0 Å². The van der Waals surface area contributed by atoms with E-state index >= 15 is 0 Å². The lowest BCUT2D eigenvalue weighted by Crippen LogP contribution is -2.04. The number of methoxy groups -OCH3 is 1. The Balaban J connectivity index is 2.01. The number of ether oxygens (including phenoxy) is 2. The summed E-state index contributed by atoms with van der Waals surface area (Å²) in [6.45, 7) is 1.54. The van der Waals surface area contributed by atoms with E-state index in [1.807, 2.05) is 0 Å². The average Bonchev–Trinajstić information content (AvgIpc) is 2.96. The molecule has 1 saturated heterocycles. The van der Waals surface area contributed by atoms with Gasteiger partial charge in [-0.05, 0) is 26.2 Å². The molecule has 1 aliphatic rings. The van der Waals surface area contributed by atoms with Crippen molar-refractivity contribution in [3.63, 3.8) is 0 Å². The van der Waals surface area contributed by atoms with E-state index in [-0.39, 0.29) is 24.0 Å². The number of ketones is 1. The molecule has 0 saturated carbocycles. The monoisotopic (exact) mass is 212 g/mol. The average molecular weight is 212 g/mol. The summed E-state index contributed by atoms with van der Waals surface area (Å²) in [6, 6.07) is 0. The number of rotatable bonds is 6. The number of allylic oxidation sites excluding steroid dienone is 1. The molecule has 84 valence electrons. The van der Waals surface area contributed by atoms with Gasteiger partial charge in [-0.3, -0.25) is 4.79 Å². The molecule has 0 amide bonds. The maximum absolute atomic E-state index is 10.8. The first kappa shape index (κ1) is 11.9. The predicted molar refractivity (Wildman–Crippen MR) is 54.3 cm³/mol. The minimum Gasteiger partial charge on any atom is -0.466 e. The fraction of sp³-hybridized carbons (Fsp3) is 0.636. The lowest BCUT2D eigenvalue weighted by atomic mass is 10.1. The third kappa shape index (κ3) is 4.25. The van der Waals surface area contributed by atoms with E-state index in [0.717, 1.165) is 19.3 Å². The first-order valence-corrected chi connectivity index (χ1v) is 5.05. The van der Waals surface area contributed by atoms with Gasteiger partial charge in [0, 0.05) is 6.08 Å². The van der Waals surface area contributed by atoms with Crippen LogP contribution in [0.4, 0.5) is 0 Å². The second-order valence-corrected chi connectivity index (χ2v) is 3.56. The van der Waals surface area contributed by atoms with Crippen LogP contribution in [0.15, 0.2) is 12.2 Å². The number of esters is 1. The normalized spacial score (nSPS) is 24.1. The molecule has 0 aromatic heterocycles. The standard InChI is InChI=1S/C11H16O4/c1-8(12)11-9(15-11)6-4-3-5-7-10(13)14-2/h5,7,9,11H,3-4,6H2,1-2H3/b7-5+/t9-,11-/m1/s1. The summed E-state index contributed by atoms with van der Waals surface area (Å²) in [7, 11) is 1.35. The van der Waals surface area contributed by atoms with Gasteiger partial charge in [-0.1, -0.05) is 6.08 Å². The zero-order valence-electron chi connectivity index (χ0n) is 9.06. The van der Waals surface area contributed by atoms with Crippen molar-refractivity contribution in [3.8, 4) is 0 Å². The molecular weight excluding hydrogens is 196 g/mol. The van der Waals surface area contributed by atoms with Crippen LogP contribution in [0.5, 0.6) is 0 Å². The summed E-state index contributed by atoms with van der Waals surface area (Å²) in [6.07, 6.45) is 5.72. The van der Waals surface area contributed by atoms with Crippen molar-refractivity contribution >= 4 is 11.8 Å². The van der Waals surface area contributed by atoms with Gasteiger partial charge in [-0.2, -0.15) is 0 Å². The van der Waals surface area contributed by atoms with Gasteiger partial charge < -0.3 is 9.47 Å². The van der Waals surface area contributed by atoms with Crippen molar-refractivity contribution in [2.75, 3.05) is 7.11 Å². The molecule has 0 aliphatic carbocycles. The zero-order valence-corrected chi connectivity index (χ0v) is 9.06. The van der Waals surface area contributed by atoms with Crippen LogP contribution < -0.4 is 0 Å². The lowest BCUT2D eigenvalue weighted by molar-refractivity contribution is -0.134. The maximum atomic E-state index is 10.8. The van der Waals surface area contributed by atoms with Crippen LogP contribution in [0.3, 0.4) is 0 Å². The van der Waals surface area contributed by atoms with E-state index in [9.17, 15) is 9.59 Å². The molecule has 2 atom stereocenters. The third-order valence-electron chi connectivity index (χ3n) is 2.30. The van der Waals surface area contributed by atoms with Crippen LogP contribution in [0.1, 0.15) is 26.2 Å². The van der Waals surface area contributed by atoms with Crippen LogP contribution >= 0.6 is 0 Å². The Hall–Kier alpha value is -1.16. The van der Waals surface area contributed by atoms with Gasteiger partial charge in [-0.25, -0.2) is 4.79 Å². The van der Waals surface area contributed by atoms with Crippen molar-refractivity contribution in [1.29, 1.82) is 0 Å². The van der Waals surface area contributed by atoms with Gasteiger partial charge in [0.25, 0.3) is 0 Å². The molecule has 0 unspecified atom stereocenters. The molecular formula is C11H16O4. The molecule has 15 heavy (non-hydrogen) atoms. The minimum atomic E-state index is -0.334. The van der Waals surface area contributed by atoms with Crippen molar-refractivity contribution in [3.05, 3.63) is 12.2 Å². The molecule has 0 aromatic carbocycles. The predicted octanol–water partition coefficient (Wildman–Crippen LogP) is 1.24. The van der Waals surface area contributed by atoms with Gasteiger partial charge >= 0.3 is 5.97 Å². The number of epoxide rings is 1. The number of Topliss-reactive ketones (excluding diaryl/α,β-unsaturated/α-hetero) is 1. The SMILES string of the molecule is COC(=O)/C=C/CCC[C@H]1O[C@@H]1C(C)=O. The Kier molecular flexibility index (Phi) is 4.49. The Bertz CT molecular complexity index is 270.